The molecule has 1 N–H and O–H groups in total. The normalized spacial score (nSPS) is 20.3. The molecule has 1 aromatic rings. The van der Waals surface area contributed by atoms with Crippen LogP contribution in [0.1, 0.15) is 13.8 Å². The van der Waals surface area contributed by atoms with Crippen LogP contribution in [0.2, 0.25) is 0 Å². The summed E-state index contributed by atoms with van der Waals surface area (Å²) >= 11 is 0. The fourth-order valence-corrected chi connectivity index (χ4v) is 3.81. The molecule has 0 radical (unpaired) electrons. The van der Waals surface area contributed by atoms with E-state index in [1.54, 1.807) is 0 Å². The van der Waals surface area contributed by atoms with Gasteiger partial charge in [0.1, 0.15) is 0 Å². The van der Waals surface area contributed by atoms with E-state index in [2.05, 4.69) is 53.2 Å². The van der Waals surface area contributed by atoms with Crippen LogP contribution in [0.4, 0.5) is 10.5 Å². The number of nitrogens with one attached hydrogen (secondary N) is 1. The van der Waals surface area contributed by atoms with Crippen LogP contribution in [-0.4, -0.2) is 80.9 Å². The zero-order valence-electron chi connectivity index (χ0n) is 16.1. The highest BCUT2D eigenvalue weighted by molar-refractivity contribution is 5.74. The molecule has 1 atom stereocenters. The third-order valence-electron chi connectivity index (χ3n) is 5.43. The lowest BCUT2D eigenvalue weighted by Gasteiger charge is -2.38. The molecule has 144 valence electrons. The largest absolute Gasteiger partial charge is 0.379 e. The van der Waals surface area contributed by atoms with Crippen LogP contribution in [0.15, 0.2) is 30.3 Å². The van der Waals surface area contributed by atoms with Crippen molar-refractivity contribution in [1.29, 1.82) is 0 Å². The van der Waals surface area contributed by atoms with Crippen LogP contribution in [0.3, 0.4) is 0 Å². The molecule has 2 aliphatic rings. The number of carbonyl (C=O) groups excluding carboxylic acids is 1. The number of para-hydroxylation sites is 1. The average molecular weight is 361 g/mol. The molecular weight excluding hydrogens is 328 g/mol. The summed E-state index contributed by atoms with van der Waals surface area (Å²) < 4.78 is 5.46. The van der Waals surface area contributed by atoms with Gasteiger partial charge >= 0.3 is 6.03 Å². The van der Waals surface area contributed by atoms with E-state index in [1.807, 2.05) is 11.0 Å². The molecule has 0 saturated carbocycles. The molecule has 2 heterocycles. The Hall–Kier alpha value is -1.79. The van der Waals surface area contributed by atoms with Crippen molar-refractivity contribution in [2.75, 3.05) is 63.9 Å². The van der Waals surface area contributed by atoms with Crippen LogP contribution >= 0.6 is 0 Å². The summed E-state index contributed by atoms with van der Waals surface area (Å²) in [6.07, 6.45) is 0. The van der Waals surface area contributed by atoms with Crippen LogP contribution < -0.4 is 10.2 Å². The van der Waals surface area contributed by atoms with E-state index < -0.39 is 0 Å². The van der Waals surface area contributed by atoms with Gasteiger partial charge in [0.05, 0.1) is 13.2 Å². The number of ether oxygens (including phenoxy) is 1. The van der Waals surface area contributed by atoms with Gasteiger partial charge in [-0.25, -0.2) is 4.79 Å². The molecule has 0 aliphatic carbocycles. The van der Waals surface area contributed by atoms with E-state index in [0.29, 0.717) is 18.5 Å². The van der Waals surface area contributed by atoms with Crippen molar-refractivity contribution in [2.45, 2.75) is 19.9 Å². The maximum Gasteiger partial charge on any atom is 0.317 e. The molecule has 0 aromatic heterocycles. The van der Waals surface area contributed by atoms with Gasteiger partial charge in [0.2, 0.25) is 0 Å². The first kappa shape index (κ1) is 19.0. The number of anilines is 1. The zero-order chi connectivity index (χ0) is 18.4. The quantitative estimate of drug-likeness (QED) is 0.871. The number of hydrogen-bond donors (Lipinski definition) is 1. The number of carbonyl (C=O) groups is 1. The van der Waals surface area contributed by atoms with Crippen molar-refractivity contribution >= 4 is 11.7 Å². The molecule has 3 rings (SSSR count). The summed E-state index contributed by atoms with van der Waals surface area (Å²) in [7, 11) is 0. The molecule has 2 fully saturated rings. The lowest BCUT2D eigenvalue weighted by molar-refractivity contribution is 0.00693. The van der Waals surface area contributed by atoms with Gasteiger partial charge in [0, 0.05) is 57.5 Å². The molecule has 6 nitrogen and oxygen atoms in total. The van der Waals surface area contributed by atoms with Crippen LogP contribution in [0, 0.1) is 5.92 Å². The molecular formula is C20H32N4O2. The average Bonchev–Trinajstić information content (AvgIpc) is 2.69. The maximum atomic E-state index is 12.6. The number of rotatable bonds is 5. The summed E-state index contributed by atoms with van der Waals surface area (Å²) in [4.78, 5) is 19.3. The number of amides is 2. The predicted octanol–water partition coefficient (Wildman–Crippen LogP) is 1.87. The van der Waals surface area contributed by atoms with Crippen molar-refractivity contribution in [3.05, 3.63) is 30.3 Å². The Morgan fingerprint density at radius 2 is 1.69 bits per heavy atom. The molecule has 0 spiro atoms. The Balaban J connectivity index is 1.46. The number of urea groups is 1. The van der Waals surface area contributed by atoms with Gasteiger partial charge in [-0.3, -0.25) is 4.90 Å². The fourth-order valence-electron chi connectivity index (χ4n) is 3.81. The number of piperazine rings is 1. The summed E-state index contributed by atoms with van der Waals surface area (Å²) in [5, 5.41) is 3.17. The lowest BCUT2D eigenvalue weighted by atomic mass is 10.0. The van der Waals surface area contributed by atoms with Gasteiger partial charge < -0.3 is 19.9 Å². The Bertz CT molecular complexity index is 552. The molecule has 0 bridgehead atoms. The molecule has 6 heteroatoms. The van der Waals surface area contributed by atoms with Crippen molar-refractivity contribution in [3.63, 3.8) is 0 Å². The van der Waals surface area contributed by atoms with Crippen molar-refractivity contribution < 1.29 is 9.53 Å². The number of nitrogens with zero attached hydrogens (tertiary/aromatic N) is 3. The van der Waals surface area contributed by atoms with Gasteiger partial charge in [-0.05, 0) is 18.1 Å². The third kappa shape index (κ3) is 4.89. The highest BCUT2D eigenvalue weighted by atomic mass is 16.5. The zero-order valence-corrected chi connectivity index (χ0v) is 16.1. The number of morpholine rings is 1. The van der Waals surface area contributed by atoms with E-state index in [4.69, 9.17) is 4.74 Å². The Kier molecular flexibility index (Phi) is 6.74. The minimum Gasteiger partial charge on any atom is -0.379 e. The Morgan fingerprint density at radius 3 is 2.31 bits per heavy atom. The Labute approximate surface area is 157 Å². The Morgan fingerprint density at radius 1 is 1.04 bits per heavy atom. The first-order chi connectivity index (χ1) is 12.6. The van der Waals surface area contributed by atoms with Crippen LogP contribution in [0.25, 0.3) is 0 Å². The first-order valence-electron chi connectivity index (χ1n) is 9.79. The second-order valence-electron chi connectivity index (χ2n) is 7.46. The van der Waals surface area contributed by atoms with E-state index in [0.717, 1.165) is 52.5 Å². The second kappa shape index (κ2) is 9.24. The molecule has 2 aliphatic heterocycles. The van der Waals surface area contributed by atoms with Gasteiger partial charge in [-0.15, -0.1) is 0 Å². The highest BCUT2D eigenvalue weighted by Crippen LogP contribution is 2.16. The first-order valence-corrected chi connectivity index (χ1v) is 9.79. The van der Waals surface area contributed by atoms with Crippen LogP contribution in [0.5, 0.6) is 0 Å². The van der Waals surface area contributed by atoms with Gasteiger partial charge in [0.15, 0.2) is 0 Å². The van der Waals surface area contributed by atoms with Crippen LogP contribution in [-0.2, 0) is 4.74 Å². The minimum absolute atomic E-state index is 0.0663. The SMILES string of the molecule is CC(C)C(CNC(=O)N1CCN(c2ccccc2)CC1)N1CCOCC1. The lowest BCUT2D eigenvalue weighted by Crippen LogP contribution is -2.55. The third-order valence-corrected chi connectivity index (χ3v) is 5.43. The van der Waals surface area contributed by atoms with Crippen molar-refractivity contribution in [1.82, 2.24) is 15.1 Å². The van der Waals surface area contributed by atoms with Crippen molar-refractivity contribution in [2.24, 2.45) is 5.92 Å². The topological polar surface area (TPSA) is 48.1 Å². The summed E-state index contributed by atoms with van der Waals surface area (Å²) in [6.45, 7) is 11.9. The number of benzene rings is 1. The van der Waals surface area contributed by atoms with Gasteiger partial charge in [-0.1, -0.05) is 32.0 Å². The van der Waals surface area contributed by atoms with E-state index in [-0.39, 0.29) is 6.03 Å². The molecule has 1 aromatic carbocycles. The minimum atomic E-state index is 0.0663. The summed E-state index contributed by atoms with van der Waals surface area (Å²) in [6, 6.07) is 10.9. The van der Waals surface area contributed by atoms with E-state index in [1.165, 1.54) is 5.69 Å². The summed E-state index contributed by atoms with van der Waals surface area (Å²) in [5.41, 5.74) is 1.24. The molecule has 2 amide bonds. The second-order valence-corrected chi connectivity index (χ2v) is 7.46. The van der Waals surface area contributed by atoms with Gasteiger partial charge in [0.25, 0.3) is 0 Å². The molecule has 1 unspecified atom stereocenters. The maximum absolute atomic E-state index is 12.6. The number of hydrogen-bond acceptors (Lipinski definition) is 4. The smallest absolute Gasteiger partial charge is 0.317 e. The standard InChI is InChI=1S/C20H32N4O2/c1-17(2)19(23-12-14-26-15-13-23)16-21-20(25)24-10-8-22(9-11-24)18-6-4-3-5-7-18/h3-7,17,19H,8-16H2,1-2H3,(H,21,25). The van der Waals surface area contributed by atoms with Crippen molar-refractivity contribution in [3.8, 4) is 0 Å². The summed E-state index contributed by atoms with van der Waals surface area (Å²) in [5.74, 6) is 0.503. The fraction of sp³-hybridized carbons (Fsp3) is 0.650. The van der Waals surface area contributed by atoms with E-state index in [9.17, 15) is 4.79 Å². The van der Waals surface area contributed by atoms with Gasteiger partial charge in [-0.2, -0.15) is 0 Å². The highest BCUT2D eigenvalue weighted by Gasteiger charge is 2.26. The molecule has 2 saturated heterocycles. The predicted molar refractivity (Wildman–Crippen MR) is 105 cm³/mol. The monoisotopic (exact) mass is 360 g/mol. The molecule has 26 heavy (non-hydrogen) atoms. The van der Waals surface area contributed by atoms with E-state index >= 15 is 0 Å².